The van der Waals surface area contributed by atoms with E-state index >= 15 is 0 Å². The van der Waals surface area contributed by atoms with Crippen molar-refractivity contribution in [2.24, 2.45) is 0 Å². The van der Waals surface area contributed by atoms with Gasteiger partial charge in [0.25, 0.3) is 0 Å². The van der Waals surface area contributed by atoms with Gasteiger partial charge in [0, 0.05) is 16.7 Å². The van der Waals surface area contributed by atoms with Crippen LogP contribution in [-0.2, 0) is 6.54 Å². The van der Waals surface area contributed by atoms with Crippen molar-refractivity contribution < 1.29 is 4.90 Å². The Morgan fingerprint density at radius 3 is 2.52 bits per heavy atom. The Kier molecular flexibility index (Phi) is 7.02. The molecule has 0 fully saturated rings. The minimum Gasteiger partial charge on any atom is -0.339 e. The molecule has 122 valence electrons. The first-order chi connectivity index (χ1) is 11.0. The molecule has 2 rings (SSSR count). The lowest BCUT2D eigenvalue weighted by Crippen LogP contribution is -3.06. The number of nitrogens with zero attached hydrogens (tertiary/aromatic N) is 1. The van der Waals surface area contributed by atoms with Crippen molar-refractivity contribution in [1.82, 2.24) is 4.90 Å². The summed E-state index contributed by atoms with van der Waals surface area (Å²) in [6.45, 7) is 2.76. The highest BCUT2D eigenvalue weighted by atomic mass is 79.9. The molecule has 2 N–H and O–H groups in total. The van der Waals surface area contributed by atoms with Gasteiger partial charge in [-0.25, -0.2) is 0 Å². The molecule has 0 aliphatic heterocycles. The highest BCUT2D eigenvalue weighted by Crippen LogP contribution is 2.16. The summed E-state index contributed by atoms with van der Waals surface area (Å²) in [5, 5.41) is 4.10. The van der Waals surface area contributed by atoms with Gasteiger partial charge in [-0.15, -0.1) is 0 Å². The predicted octanol–water partition coefficient (Wildman–Crippen LogP) is 2.79. The number of likely N-dealkylation sites (N-methyl/N-ethyl adjacent to an activating group) is 1. The predicted molar refractivity (Wildman–Crippen MR) is 105 cm³/mol. The van der Waals surface area contributed by atoms with E-state index in [1.807, 2.05) is 30.3 Å². The molecule has 0 atom stereocenters. The molecule has 0 aliphatic carbocycles. The third-order valence-corrected chi connectivity index (χ3v) is 4.31. The van der Waals surface area contributed by atoms with Gasteiger partial charge in [-0.2, -0.15) is 0 Å². The van der Waals surface area contributed by atoms with Gasteiger partial charge >= 0.3 is 0 Å². The molecule has 2 aromatic carbocycles. The molecule has 3 nitrogen and oxygen atoms in total. The quantitative estimate of drug-likeness (QED) is 0.737. The summed E-state index contributed by atoms with van der Waals surface area (Å²) >= 11 is 9.13. The first kappa shape index (κ1) is 17.9. The van der Waals surface area contributed by atoms with Crippen LogP contribution in [-0.4, -0.2) is 37.2 Å². The average Bonchev–Trinajstić information content (AvgIpc) is 2.52. The topological polar surface area (TPSA) is 19.7 Å². The van der Waals surface area contributed by atoms with Crippen molar-refractivity contribution in [3.05, 3.63) is 64.6 Å². The third-order valence-electron chi connectivity index (χ3n) is 3.46. The lowest BCUT2D eigenvalue weighted by molar-refractivity contribution is -0.857. The molecule has 5 heteroatoms. The minimum absolute atomic E-state index is 0.758. The SMILES string of the molecule is C[NH+](C)CCN(Cc1ccccc1)C(=S)Nc1cccc(Br)c1. The average molecular weight is 393 g/mol. The lowest BCUT2D eigenvalue weighted by atomic mass is 10.2. The molecule has 2 aromatic rings. The van der Waals surface area contributed by atoms with Crippen LogP contribution < -0.4 is 10.2 Å². The highest BCUT2D eigenvalue weighted by molar-refractivity contribution is 9.10. The Morgan fingerprint density at radius 2 is 1.87 bits per heavy atom. The van der Waals surface area contributed by atoms with E-state index in [0.717, 1.165) is 34.9 Å². The molecule has 0 aromatic heterocycles. The Hall–Kier alpha value is -1.43. The molecule has 0 heterocycles. The van der Waals surface area contributed by atoms with Crippen molar-refractivity contribution in [1.29, 1.82) is 0 Å². The second kappa shape index (κ2) is 9.01. The largest absolute Gasteiger partial charge is 0.339 e. The van der Waals surface area contributed by atoms with E-state index < -0.39 is 0 Å². The van der Waals surface area contributed by atoms with Crippen LogP contribution >= 0.6 is 28.1 Å². The summed E-state index contributed by atoms with van der Waals surface area (Å²) in [5.41, 5.74) is 2.26. The van der Waals surface area contributed by atoms with Gasteiger partial charge in [0.1, 0.15) is 0 Å². The van der Waals surface area contributed by atoms with E-state index in [2.05, 4.69) is 64.5 Å². The second-order valence-electron chi connectivity index (χ2n) is 5.80. The monoisotopic (exact) mass is 392 g/mol. The number of hydrogen-bond donors (Lipinski definition) is 2. The highest BCUT2D eigenvalue weighted by Gasteiger charge is 2.12. The first-order valence-corrected chi connectivity index (χ1v) is 8.89. The molecule has 0 saturated carbocycles. The van der Waals surface area contributed by atoms with Crippen LogP contribution in [0.5, 0.6) is 0 Å². The summed E-state index contributed by atoms with van der Waals surface area (Å²) in [5.74, 6) is 0. The Balaban J connectivity index is 2.07. The molecule has 0 amide bonds. The summed E-state index contributed by atoms with van der Waals surface area (Å²) in [7, 11) is 4.32. The van der Waals surface area contributed by atoms with E-state index in [4.69, 9.17) is 12.2 Å². The molecule has 0 bridgehead atoms. The number of rotatable bonds is 6. The summed E-state index contributed by atoms with van der Waals surface area (Å²) < 4.78 is 1.04. The van der Waals surface area contributed by atoms with Crippen molar-refractivity contribution in [2.45, 2.75) is 6.54 Å². The third kappa shape index (κ3) is 6.29. The van der Waals surface area contributed by atoms with Gasteiger partial charge in [0.2, 0.25) is 0 Å². The number of thiocarbonyl (C=S) groups is 1. The molecule has 0 saturated heterocycles. The van der Waals surface area contributed by atoms with Crippen LogP contribution in [0.2, 0.25) is 0 Å². The lowest BCUT2D eigenvalue weighted by Gasteiger charge is -2.26. The van der Waals surface area contributed by atoms with E-state index in [9.17, 15) is 0 Å². The van der Waals surface area contributed by atoms with Gasteiger partial charge in [-0.05, 0) is 36.0 Å². The fourth-order valence-corrected chi connectivity index (χ4v) is 2.86. The normalized spacial score (nSPS) is 10.6. The number of halogens is 1. The number of hydrogen-bond acceptors (Lipinski definition) is 1. The first-order valence-electron chi connectivity index (χ1n) is 7.69. The van der Waals surface area contributed by atoms with Crippen LogP contribution in [0.4, 0.5) is 5.69 Å². The van der Waals surface area contributed by atoms with Crippen molar-refractivity contribution >= 4 is 38.9 Å². The second-order valence-corrected chi connectivity index (χ2v) is 7.11. The van der Waals surface area contributed by atoms with Gasteiger partial charge < -0.3 is 15.1 Å². The molecule has 0 radical (unpaired) electrons. The number of benzene rings is 2. The number of nitrogens with one attached hydrogen (secondary N) is 2. The van der Waals surface area contributed by atoms with Crippen molar-refractivity contribution in [2.75, 3.05) is 32.5 Å². The maximum atomic E-state index is 5.64. The van der Waals surface area contributed by atoms with Crippen molar-refractivity contribution in [3.63, 3.8) is 0 Å². The standard InChI is InChI=1S/C18H22BrN3S/c1-21(2)11-12-22(14-15-7-4-3-5-8-15)18(23)20-17-10-6-9-16(19)13-17/h3-10,13H,11-12,14H2,1-2H3,(H,20,23)/p+1. The molecule has 0 spiro atoms. The van der Waals surface area contributed by atoms with Crippen LogP contribution in [0, 0.1) is 0 Å². The molecule has 0 aliphatic rings. The minimum atomic E-state index is 0.758. The maximum Gasteiger partial charge on any atom is 0.173 e. The fraction of sp³-hybridized carbons (Fsp3) is 0.278. The summed E-state index contributed by atoms with van der Waals surface area (Å²) in [6.07, 6.45) is 0. The van der Waals surface area contributed by atoms with E-state index in [1.54, 1.807) is 0 Å². The summed E-state index contributed by atoms with van der Waals surface area (Å²) in [6, 6.07) is 18.5. The van der Waals surface area contributed by atoms with Gasteiger partial charge in [-0.1, -0.05) is 52.3 Å². The number of anilines is 1. The fourth-order valence-electron chi connectivity index (χ4n) is 2.18. The van der Waals surface area contributed by atoms with E-state index in [1.165, 1.54) is 10.5 Å². The Morgan fingerprint density at radius 1 is 1.13 bits per heavy atom. The van der Waals surface area contributed by atoms with Gasteiger partial charge in [-0.3, -0.25) is 0 Å². The Labute approximate surface area is 152 Å². The molecular weight excluding hydrogens is 370 g/mol. The smallest absolute Gasteiger partial charge is 0.173 e. The van der Waals surface area contributed by atoms with Crippen LogP contribution in [0.1, 0.15) is 5.56 Å². The summed E-state index contributed by atoms with van der Waals surface area (Å²) in [4.78, 5) is 3.63. The van der Waals surface area contributed by atoms with E-state index in [0.29, 0.717) is 0 Å². The maximum absolute atomic E-state index is 5.64. The Bertz CT molecular complexity index is 631. The van der Waals surface area contributed by atoms with Crippen LogP contribution in [0.15, 0.2) is 59.1 Å². The van der Waals surface area contributed by atoms with Crippen LogP contribution in [0.25, 0.3) is 0 Å². The molecular formula is C18H23BrN3S+. The number of quaternary nitrogens is 1. The van der Waals surface area contributed by atoms with Gasteiger partial charge in [0.15, 0.2) is 5.11 Å². The molecule has 0 unspecified atom stereocenters. The molecule has 23 heavy (non-hydrogen) atoms. The van der Waals surface area contributed by atoms with Crippen LogP contribution in [0.3, 0.4) is 0 Å². The zero-order chi connectivity index (χ0) is 16.7. The zero-order valence-corrected chi connectivity index (χ0v) is 16.0. The zero-order valence-electron chi connectivity index (χ0n) is 13.6. The van der Waals surface area contributed by atoms with E-state index in [-0.39, 0.29) is 0 Å². The van der Waals surface area contributed by atoms with Gasteiger partial charge in [0.05, 0.1) is 27.2 Å². The van der Waals surface area contributed by atoms with Crippen molar-refractivity contribution in [3.8, 4) is 0 Å².